The summed E-state index contributed by atoms with van der Waals surface area (Å²) in [6.07, 6.45) is 1.24. The van der Waals surface area contributed by atoms with E-state index in [1.54, 1.807) is 12.1 Å². The Morgan fingerprint density at radius 1 is 1.12 bits per heavy atom. The smallest absolute Gasteiger partial charge is 0.353 e. The molecule has 1 aliphatic heterocycles. The van der Waals surface area contributed by atoms with Gasteiger partial charge in [-0.25, -0.2) is 9.97 Å². The maximum atomic E-state index is 11.3. The highest BCUT2D eigenvalue weighted by Crippen LogP contribution is 2.30. The summed E-state index contributed by atoms with van der Waals surface area (Å²) < 4.78 is 0. The zero-order valence-corrected chi connectivity index (χ0v) is 13.8. The number of nitrogens with two attached hydrogens (primary N) is 1. The number of nitrogens with zero attached hydrogens (tertiary/aromatic N) is 5. The Kier molecular flexibility index (Phi) is 4.46. The molecule has 0 spiro atoms. The summed E-state index contributed by atoms with van der Waals surface area (Å²) in [6.45, 7) is 4.05. The topological polar surface area (TPSA) is 118 Å². The first-order valence-electron chi connectivity index (χ1n) is 7.83. The van der Waals surface area contributed by atoms with E-state index in [0.717, 1.165) is 5.69 Å². The number of hydrogen-bond acceptors (Lipinski definition) is 8. The van der Waals surface area contributed by atoms with E-state index >= 15 is 0 Å². The number of carbonyl (C=O) groups excluding carboxylic acids is 1. The molecule has 2 N–H and O–H groups in total. The fourth-order valence-corrected chi connectivity index (χ4v) is 2.87. The average molecular weight is 342 g/mol. The van der Waals surface area contributed by atoms with Gasteiger partial charge in [-0.1, -0.05) is 0 Å². The van der Waals surface area contributed by atoms with E-state index in [2.05, 4.69) is 14.9 Å². The molecule has 0 bridgehead atoms. The van der Waals surface area contributed by atoms with Crippen molar-refractivity contribution in [3.05, 3.63) is 46.3 Å². The van der Waals surface area contributed by atoms with Crippen molar-refractivity contribution in [3.8, 4) is 0 Å². The van der Waals surface area contributed by atoms with Crippen molar-refractivity contribution in [2.45, 2.75) is 6.92 Å². The normalized spacial score (nSPS) is 14.4. The third-order valence-corrected chi connectivity index (χ3v) is 4.23. The van der Waals surface area contributed by atoms with Crippen LogP contribution in [0.4, 0.5) is 23.0 Å². The van der Waals surface area contributed by atoms with Gasteiger partial charge in [-0.2, -0.15) is 0 Å². The second-order valence-corrected chi connectivity index (χ2v) is 5.77. The molecule has 9 nitrogen and oxygen atoms in total. The molecule has 3 rings (SSSR count). The number of hydrogen-bond donors (Lipinski definition) is 1. The third-order valence-electron chi connectivity index (χ3n) is 4.23. The van der Waals surface area contributed by atoms with Crippen molar-refractivity contribution in [1.29, 1.82) is 0 Å². The van der Waals surface area contributed by atoms with Gasteiger partial charge in [0, 0.05) is 37.4 Å². The molecule has 0 amide bonds. The van der Waals surface area contributed by atoms with Crippen molar-refractivity contribution in [2.24, 2.45) is 0 Å². The summed E-state index contributed by atoms with van der Waals surface area (Å²) in [6, 6.07) is 7.44. The van der Waals surface area contributed by atoms with Crippen LogP contribution in [0.5, 0.6) is 0 Å². The van der Waals surface area contributed by atoms with E-state index in [9.17, 15) is 14.9 Å². The highest BCUT2D eigenvalue weighted by molar-refractivity contribution is 5.94. The number of ketones is 1. The largest absolute Gasteiger partial charge is 0.378 e. The summed E-state index contributed by atoms with van der Waals surface area (Å²) in [5, 5.41) is 11.2. The van der Waals surface area contributed by atoms with Crippen LogP contribution in [0.25, 0.3) is 0 Å². The zero-order chi connectivity index (χ0) is 18.0. The van der Waals surface area contributed by atoms with Gasteiger partial charge >= 0.3 is 5.69 Å². The highest BCUT2D eigenvalue weighted by atomic mass is 16.6. The quantitative estimate of drug-likeness (QED) is 0.504. The van der Waals surface area contributed by atoms with Gasteiger partial charge in [-0.15, -0.1) is 0 Å². The van der Waals surface area contributed by atoms with Crippen LogP contribution >= 0.6 is 0 Å². The number of anilines is 3. The lowest BCUT2D eigenvalue weighted by atomic mass is 10.1. The molecule has 2 aromatic rings. The molecule has 2 heterocycles. The first-order valence-corrected chi connectivity index (χ1v) is 7.83. The van der Waals surface area contributed by atoms with Crippen LogP contribution in [-0.4, -0.2) is 46.9 Å². The van der Waals surface area contributed by atoms with Gasteiger partial charge in [0.05, 0.1) is 4.92 Å². The molecule has 0 radical (unpaired) electrons. The van der Waals surface area contributed by atoms with Crippen LogP contribution < -0.4 is 15.5 Å². The number of Topliss-reactive ketones (excluding diaryl/α,β-unsaturated/α-hetero) is 1. The predicted octanol–water partition coefficient (Wildman–Crippen LogP) is 1.50. The van der Waals surface area contributed by atoms with Crippen molar-refractivity contribution < 1.29 is 9.72 Å². The number of nitrogen functional groups attached to an aromatic ring is 1. The van der Waals surface area contributed by atoms with Gasteiger partial charge in [0.1, 0.15) is 6.33 Å². The Morgan fingerprint density at radius 2 is 1.72 bits per heavy atom. The minimum absolute atomic E-state index is 0.0324. The molecule has 1 aliphatic rings. The second-order valence-electron chi connectivity index (χ2n) is 5.77. The molecule has 1 saturated heterocycles. The molecule has 9 heteroatoms. The lowest BCUT2D eigenvalue weighted by Crippen LogP contribution is -2.47. The molecule has 1 aromatic heterocycles. The van der Waals surface area contributed by atoms with E-state index in [1.165, 1.54) is 13.3 Å². The van der Waals surface area contributed by atoms with Crippen molar-refractivity contribution in [2.75, 3.05) is 41.7 Å². The summed E-state index contributed by atoms with van der Waals surface area (Å²) in [4.78, 5) is 33.8. The summed E-state index contributed by atoms with van der Waals surface area (Å²) in [7, 11) is 0. The lowest BCUT2D eigenvalue weighted by molar-refractivity contribution is -0.383. The van der Waals surface area contributed by atoms with Crippen LogP contribution in [0, 0.1) is 10.1 Å². The number of aromatic nitrogens is 2. The maximum absolute atomic E-state index is 11.3. The van der Waals surface area contributed by atoms with Crippen molar-refractivity contribution >= 4 is 28.8 Å². The minimum Gasteiger partial charge on any atom is -0.378 e. The van der Waals surface area contributed by atoms with Gasteiger partial charge in [0.15, 0.2) is 5.78 Å². The van der Waals surface area contributed by atoms with Gasteiger partial charge in [0.2, 0.25) is 11.6 Å². The van der Waals surface area contributed by atoms with E-state index in [0.29, 0.717) is 31.7 Å². The molecule has 0 aliphatic carbocycles. The first-order chi connectivity index (χ1) is 12.0. The Hall–Kier alpha value is -3.23. The number of rotatable bonds is 4. The van der Waals surface area contributed by atoms with Gasteiger partial charge in [-0.3, -0.25) is 14.9 Å². The van der Waals surface area contributed by atoms with Crippen LogP contribution in [0.2, 0.25) is 0 Å². The lowest BCUT2D eigenvalue weighted by Gasteiger charge is -2.36. The molecule has 25 heavy (non-hydrogen) atoms. The van der Waals surface area contributed by atoms with E-state index < -0.39 is 4.92 Å². The first kappa shape index (κ1) is 16.6. The van der Waals surface area contributed by atoms with Gasteiger partial charge < -0.3 is 15.5 Å². The Bertz CT molecular complexity index is 800. The predicted molar refractivity (Wildman–Crippen MR) is 94.0 cm³/mol. The Morgan fingerprint density at radius 3 is 2.28 bits per heavy atom. The molecule has 1 fully saturated rings. The fourth-order valence-electron chi connectivity index (χ4n) is 2.87. The summed E-state index contributed by atoms with van der Waals surface area (Å²) in [5.74, 6) is 0.159. The zero-order valence-electron chi connectivity index (χ0n) is 13.8. The van der Waals surface area contributed by atoms with Crippen LogP contribution in [0.15, 0.2) is 30.6 Å². The third kappa shape index (κ3) is 3.35. The van der Waals surface area contributed by atoms with E-state index in [1.807, 2.05) is 17.0 Å². The SMILES string of the molecule is CC(=O)c1ccc(N2CCN(c3ncnc(N)c3[N+](=O)[O-])CC2)cc1. The van der Waals surface area contributed by atoms with Crippen molar-refractivity contribution in [1.82, 2.24) is 9.97 Å². The molecular formula is C16H18N6O3. The Balaban J connectivity index is 1.73. The molecule has 0 saturated carbocycles. The standard InChI is InChI=1S/C16H18N6O3/c1-11(23)12-2-4-13(5-3-12)20-6-8-21(9-7-20)16-14(22(24)25)15(17)18-10-19-16/h2-5,10H,6-9H2,1H3,(H2,17,18,19). The van der Waals surface area contributed by atoms with E-state index in [4.69, 9.17) is 5.73 Å². The number of piperazine rings is 1. The van der Waals surface area contributed by atoms with Gasteiger partial charge in [0.25, 0.3) is 0 Å². The molecule has 0 atom stereocenters. The van der Waals surface area contributed by atoms with Crippen LogP contribution in [0.1, 0.15) is 17.3 Å². The maximum Gasteiger partial charge on any atom is 0.353 e. The van der Waals surface area contributed by atoms with Gasteiger partial charge in [-0.05, 0) is 31.2 Å². The second kappa shape index (κ2) is 6.71. The number of benzene rings is 1. The number of nitro groups is 1. The monoisotopic (exact) mass is 342 g/mol. The molecule has 1 aromatic carbocycles. The Labute approximate surface area is 144 Å². The number of carbonyl (C=O) groups is 1. The molecular weight excluding hydrogens is 324 g/mol. The highest BCUT2D eigenvalue weighted by Gasteiger charge is 2.28. The minimum atomic E-state index is -0.544. The molecule has 0 unspecified atom stereocenters. The summed E-state index contributed by atoms with van der Waals surface area (Å²) in [5.41, 5.74) is 7.07. The summed E-state index contributed by atoms with van der Waals surface area (Å²) >= 11 is 0. The molecule has 130 valence electrons. The van der Waals surface area contributed by atoms with Crippen LogP contribution in [0.3, 0.4) is 0 Å². The van der Waals surface area contributed by atoms with E-state index in [-0.39, 0.29) is 23.1 Å². The average Bonchev–Trinajstić information content (AvgIpc) is 2.61. The van der Waals surface area contributed by atoms with Crippen molar-refractivity contribution in [3.63, 3.8) is 0 Å². The van der Waals surface area contributed by atoms with Crippen LogP contribution in [-0.2, 0) is 0 Å². The fraction of sp³-hybridized carbons (Fsp3) is 0.312.